The fraction of sp³-hybridized carbons (Fsp3) is 0.889. The summed E-state index contributed by atoms with van der Waals surface area (Å²) in [6.45, 7) is 8.40. The standard InChI is InChI=1S/C9H20N2/c1-4-7-9(10)11(6-3)8-5-2/h10H,4-8H2,1-3H3. The lowest BCUT2D eigenvalue weighted by molar-refractivity contribution is 0.426. The average Bonchev–Trinajstić information content (AvgIpc) is 2.00. The Kier molecular flexibility index (Phi) is 5.90. The first-order chi connectivity index (χ1) is 5.26. The van der Waals surface area contributed by atoms with E-state index in [1.165, 1.54) is 0 Å². The van der Waals surface area contributed by atoms with Crippen LogP contribution >= 0.6 is 0 Å². The fourth-order valence-corrected chi connectivity index (χ4v) is 1.15. The lowest BCUT2D eigenvalue weighted by Crippen LogP contribution is -2.30. The molecule has 0 aromatic heterocycles. The highest BCUT2D eigenvalue weighted by Gasteiger charge is 2.03. The second kappa shape index (κ2) is 6.20. The number of hydrogen-bond donors (Lipinski definition) is 1. The van der Waals surface area contributed by atoms with Crippen LogP contribution in [0.1, 0.15) is 40.0 Å². The van der Waals surface area contributed by atoms with Gasteiger partial charge in [0.05, 0.1) is 5.84 Å². The summed E-state index contributed by atoms with van der Waals surface area (Å²) >= 11 is 0. The zero-order valence-electron chi connectivity index (χ0n) is 7.98. The smallest absolute Gasteiger partial charge is 0.0957 e. The molecular formula is C9H20N2. The third-order valence-corrected chi connectivity index (χ3v) is 1.74. The van der Waals surface area contributed by atoms with Gasteiger partial charge in [-0.2, -0.15) is 0 Å². The Bertz CT molecular complexity index is 110. The Morgan fingerprint density at radius 3 is 2.18 bits per heavy atom. The molecule has 2 heteroatoms. The lowest BCUT2D eigenvalue weighted by atomic mass is 10.3. The summed E-state index contributed by atoms with van der Waals surface area (Å²) < 4.78 is 0. The Labute approximate surface area is 70.1 Å². The topological polar surface area (TPSA) is 27.1 Å². The lowest BCUT2D eigenvalue weighted by Gasteiger charge is -2.22. The number of nitrogens with one attached hydrogen (secondary N) is 1. The van der Waals surface area contributed by atoms with Crippen molar-refractivity contribution in [3.05, 3.63) is 0 Å². The molecule has 0 saturated carbocycles. The van der Waals surface area contributed by atoms with E-state index in [0.29, 0.717) is 0 Å². The number of rotatable bonds is 5. The third-order valence-electron chi connectivity index (χ3n) is 1.74. The highest BCUT2D eigenvalue weighted by molar-refractivity contribution is 5.78. The van der Waals surface area contributed by atoms with Gasteiger partial charge in [0.15, 0.2) is 0 Å². The van der Waals surface area contributed by atoms with Crippen molar-refractivity contribution < 1.29 is 0 Å². The molecule has 0 aromatic carbocycles. The van der Waals surface area contributed by atoms with Crippen molar-refractivity contribution in [1.82, 2.24) is 4.90 Å². The molecule has 11 heavy (non-hydrogen) atoms. The molecule has 0 amide bonds. The zero-order valence-corrected chi connectivity index (χ0v) is 7.98. The Hall–Kier alpha value is -0.530. The van der Waals surface area contributed by atoms with Gasteiger partial charge in [0, 0.05) is 19.5 Å². The van der Waals surface area contributed by atoms with Gasteiger partial charge in [-0.3, -0.25) is 5.41 Å². The fourth-order valence-electron chi connectivity index (χ4n) is 1.15. The van der Waals surface area contributed by atoms with Gasteiger partial charge in [-0.15, -0.1) is 0 Å². The van der Waals surface area contributed by atoms with E-state index in [9.17, 15) is 0 Å². The van der Waals surface area contributed by atoms with Crippen LogP contribution in [0.5, 0.6) is 0 Å². The molecule has 0 bridgehead atoms. The van der Waals surface area contributed by atoms with E-state index in [-0.39, 0.29) is 0 Å². The van der Waals surface area contributed by atoms with Crippen molar-refractivity contribution in [2.75, 3.05) is 13.1 Å². The first-order valence-electron chi connectivity index (χ1n) is 4.58. The van der Waals surface area contributed by atoms with Crippen LogP contribution in [0.15, 0.2) is 0 Å². The van der Waals surface area contributed by atoms with Crippen molar-refractivity contribution in [2.24, 2.45) is 0 Å². The van der Waals surface area contributed by atoms with Gasteiger partial charge in [-0.05, 0) is 19.8 Å². The van der Waals surface area contributed by atoms with Crippen LogP contribution in [0.2, 0.25) is 0 Å². The second-order valence-electron chi connectivity index (χ2n) is 2.78. The van der Waals surface area contributed by atoms with Crippen molar-refractivity contribution in [1.29, 1.82) is 5.41 Å². The van der Waals surface area contributed by atoms with Crippen molar-refractivity contribution in [3.63, 3.8) is 0 Å². The van der Waals surface area contributed by atoms with Crippen LogP contribution in [0.25, 0.3) is 0 Å². The maximum atomic E-state index is 7.68. The maximum Gasteiger partial charge on any atom is 0.0957 e. The molecule has 0 aliphatic heterocycles. The molecule has 2 nitrogen and oxygen atoms in total. The van der Waals surface area contributed by atoms with Crippen LogP contribution in [0.4, 0.5) is 0 Å². The summed E-state index contributed by atoms with van der Waals surface area (Å²) in [7, 11) is 0. The Balaban J connectivity index is 3.71. The van der Waals surface area contributed by atoms with Gasteiger partial charge >= 0.3 is 0 Å². The SMILES string of the molecule is CCCC(=N)N(CC)CCC. The number of nitrogens with zero attached hydrogens (tertiary/aromatic N) is 1. The van der Waals surface area contributed by atoms with Crippen molar-refractivity contribution in [3.8, 4) is 0 Å². The molecule has 1 N–H and O–H groups in total. The predicted octanol–water partition coefficient (Wildman–Crippen LogP) is 2.50. The normalized spacial score (nSPS) is 9.73. The van der Waals surface area contributed by atoms with Crippen LogP contribution in [0.3, 0.4) is 0 Å². The molecule has 0 radical (unpaired) electrons. The van der Waals surface area contributed by atoms with Gasteiger partial charge in [0.25, 0.3) is 0 Å². The van der Waals surface area contributed by atoms with Crippen LogP contribution < -0.4 is 0 Å². The predicted molar refractivity (Wildman–Crippen MR) is 50.2 cm³/mol. The first kappa shape index (κ1) is 10.5. The second-order valence-corrected chi connectivity index (χ2v) is 2.78. The molecule has 0 saturated heterocycles. The molecule has 0 aliphatic carbocycles. The zero-order chi connectivity index (χ0) is 8.69. The van der Waals surface area contributed by atoms with Gasteiger partial charge in [0.2, 0.25) is 0 Å². The molecule has 0 heterocycles. The van der Waals surface area contributed by atoms with E-state index in [2.05, 4.69) is 25.7 Å². The van der Waals surface area contributed by atoms with Crippen molar-refractivity contribution in [2.45, 2.75) is 40.0 Å². The highest BCUT2D eigenvalue weighted by atomic mass is 15.2. The minimum Gasteiger partial charge on any atom is -0.361 e. The summed E-state index contributed by atoms with van der Waals surface area (Å²) in [6.07, 6.45) is 3.15. The molecule has 0 fully saturated rings. The third kappa shape index (κ3) is 4.02. The molecule has 0 rings (SSSR count). The Morgan fingerprint density at radius 1 is 1.18 bits per heavy atom. The van der Waals surface area contributed by atoms with Gasteiger partial charge < -0.3 is 4.90 Å². The average molecular weight is 156 g/mol. The molecule has 66 valence electrons. The summed E-state index contributed by atoms with van der Waals surface area (Å²) in [4.78, 5) is 2.14. The summed E-state index contributed by atoms with van der Waals surface area (Å²) in [5, 5.41) is 7.68. The molecule has 0 spiro atoms. The quantitative estimate of drug-likeness (QED) is 0.480. The first-order valence-corrected chi connectivity index (χ1v) is 4.58. The molecule has 0 unspecified atom stereocenters. The van der Waals surface area contributed by atoms with E-state index < -0.39 is 0 Å². The van der Waals surface area contributed by atoms with Crippen LogP contribution in [-0.4, -0.2) is 23.8 Å². The molecular weight excluding hydrogens is 136 g/mol. The molecule has 0 atom stereocenters. The van der Waals surface area contributed by atoms with Crippen LogP contribution in [-0.2, 0) is 0 Å². The van der Waals surface area contributed by atoms with Gasteiger partial charge in [-0.1, -0.05) is 13.8 Å². The number of amidine groups is 1. The van der Waals surface area contributed by atoms with Crippen LogP contribution in [0, 0.1) is 5.41 Å². The van der Waals surface area contributed by atoms with E-state index >= 15 is 0 Å². The maximum absolute atomic E-state index is 7.68. The summed E-state index contributed by atoms with van der Waals surface area (Å²) in [6, 6.07) is 0. The Morgan fingerprint density at radius 2 is 1.82 bits per heavy atom. The summed E-state index contributed by atoms with van der Waals surface area (Å²) in [5.41, 5.74) is 0. The summed E-state index contributed by atoms with van der Waals surface area (Å²) in [5.74, 6) is 0.803. The van der Waals surface area contributed by atoms with Gasteiger partial charge in [-0.25, -0.2) is 0 Å². The minimum atomic E-state index is 0.803. The molecule has 0 aliphatic rings. The van der Waals surface area contributed by atoms with Gasteiger partial charge in [0.1, 0.15) is 0 Å². The van der Waals surface area contributed by atoms with E-state index in [1.54, 1.807) is 0 Å². The molecule has 0 aromatic rings. The van der Waals surface area contributed by atoms with E-state index in [0.717, 1.165) is 38.2 Å². The number of hydrogen-bond acceptors (Lipinski definition) is 1. The minimum absolute atomic E-state index is 0.803. The van der Waals surface area contributed by atoms with Crippen molar-refractivity contribution >= 4 is 5.84 Å². The highest BCUT2D eigenvalue weighted by Crippen LogP contribution is 1.98. The van der Waals surface area contributed by atoms with E-state index in [4.69, 9.17) is 5.41 Å². The largest absolute Gasteiger partial charge is 0.361 e. The van der Waals surface area contributed by atoms with E-state index in [1.807, 2.05) is 0 Å². The monoisotopic (exact) mass is 156 g/mol.